The molecule has 8 heteroatoms. The zero-order valence-corrected chi connectivity index (χ0v) is 12.3. The Labute approximate surface area is 125 Å². The summed E-state index contributed by atoms with van der Waals surface area (Å²) in [6.07, 6.45) is 0. The number of ether oxygens (including phenoxy) is 1. The topological polar surface area (TPSA) is 55.4 Å². The number of hydrogen-bond acceptors (Lipinski definition) is 3. The van der Waals surface area contributed by atoms with Crippen molar-refractivity contribution in [3.63, 3.8) is 0 Å². The van der Waals surface area contributed by atoms with Gasteiger partial charge in [-0.1, -0.05) is 6.07 Å². The molecule has 2 aromatic carbocycles. The summed E-state index contributed by atoms with van der Waals surface area (Å²) < 4.78 is 70.3. The highest BCUT2D eigenvalue weighted by atomic mass is 32.2. The molecule has 0 aliphatic carbocycles. The summed E-state index contributed by atoms with van der Waals surface area (Å²) in [4.78, 5) is -0.298. The highest BCUT2D eigenvalue weighted by molar-refractivity contribution is 7.89. The Hall–Kier alpha value is -2.06. The predicted octanol–water partition coefficient (Wildman–Crippen LogP) is 2.59. The second-order valence-electron chi connectivity index (χ2n) is 4.37. The summed E-state index contributed by atoms with van der Waals surface area (Å²) in [5.74, 6) is -3.01. The van der Waals surface area contributed by atoms with Gasteiger partial charge in [0, 0.05) is 6.54 Å². The van der Waals surface area contributed by atoms with E-state index < -0.39 is 27.5 Å². The first kappa shape index (κ1) is 16.3. The molecular formula is C14H12F3NO3S. The second-order valence-corrected chi connectivity index (χ2v) is 6.14. The minimum Gasteiger partial charge on any atom is -0.494 e. The Kier molecular flexibility index (Phi) is 4.72. The second kappa shape index (κ2) is 6.37. The smallest absolute Gasteiger partial charge is 0.240 e. The standard InChI is InChI=1S/C14H12F3NO3S/c1-21-14-5-3-10(7-13(14)17)22(19,20)18-8-9-2-4-11(15)12(16)6-9/h2-7,18H,8H2,1H3. The van der Waals surface area contributed by atoms with E-state index in [1.807, 2.05) is 0 Å². The van der Waals surface area contributed by atoms with E-state index in [4.69, 9.17) is 4.74 Å². The number of benzene rings is 2. The summed E-state index contributed by atoms with van der Waals surface area (Å²) in [7, 11) is -2.73. The maximum Gasteiger partial charge on any atom is 0.240 e. The van der Waals surface area contributed by atoms with E-state index in [9.17, 15) is 21.6 Å². The van der Waals surface area contributed by atoms with E-state index in [1.165, 1.54) is 25.3 Å². The molecule has 118 valence electrons. The van der Waals surface area contributed by atoms with Crippen LogP contribution in [-0.4, -0.2) is 15.5 Å². The fourth-order valence-corrected chi connectivity index (χ4v) is 2.75. The summed E-state index contributed by atoms with van der Waals surface area (Å²) in [6.45, 7) is -0.257. The van der Waals surface area contributed by atoms with Gasteiger partial charge in [0.1, 0.15) is 0 Å². The molecule has 22 heavy (non-hydrogen) atoms. The van der Waals surface area contributed by atoms with E-state index in [1.54, 1.807) is 0 Å². The van der Waals surface area contributed by atoms with Crippen LogP contribution in [0.1, 0.15) is 5.56 Å². The van der Waals surface area contributed by atoms with Gasteiger partial charge in [-0.25, -0.2) is 26.3 Å². The zero-order chi connectivity index (χ0) is 16.3. The molecule has 0 amide bonds. The maximum atomic E-state index is 13.5. The molecule has 2 aromatic rings. The van der Waals surface area contributed by atoms with Crippen molar-refractivity contribution in [3.05, 3.63) is 59.4 Å². The monoisotopic (exact) mass is 331 g/mol. The van der Waals surface area contributed by atoms with Crippen LogP contribution in [0.15, 0.2) is 41.3 Å². The van der Waals surface area contributed by atoms with E-state index in [0.29, 0.717) is 0 Å². The van der Waals surface area contributed by atoms with Crippen molar-refractivity contribution in [3.8, 4) is 5.75 Å². The highest BCUT2D eigenvalue weighted by Gasteiger charge is 2.16. The van der Waals surface area contributed by atoms with E-state index in [0.717, 1.165) is 18.2 Å². The van der Waals surface area contributed by atoms with Crippen molar-refractivity contribution in [1.82, 2.24) is 4.72 Å². The minimum absolute atomic E-state index is 0.0837. The van der Waals surface area contributed by atoms with E-state index >= 15 is 0 Å². The van der Waals surface area contributed by atoms with Crippen LogP contribution in [0.2, 0.25) is 0 Å². The number of hydrogen-bond donors (Lipinski definition) is 1. The third-order valence-electron chi connectivity index (χ3n) is 2.88. The van der Waals surface area contributed by atoms with Gasteiger partial charge in [-0.15, -0.1) is 0 Å². The lowest BCUT2D eigenvalue weighted by Gasteiger charge is -2.08. The van der Waals surface area contributed by atoms with Crippen LogP contribution >= 0.6 is 0 Å². The SMILES string of the molecule is COc1ccc(S(=O)(=O)NCc2ccc(F)c(F)c2)cc1F. The molecule has 0 unspecified atom stereocenters. The summed E-state index contributed by atoms with van der Waals surface area (Å²) in [5.41, 5.74) is 0.233. The van der Waals surface area contributed by atoms with Gasteiger partial charge in [0.2, 0.25) is 10.0 Å². The lowest BCUT2D eigenvalue weighted by molar-refractivity contribution is 0.385. The molecule has 0 radical (unpaired) electrons. The molecule has 4 nitrogen and oxygen atoms in total. The van der Waals surface area contributed by atoms with E-state index in [2.05, 4.69) is 4.72 Å². The molecule has 0 fully saturated rings. The molecule has 0 aliphatic heterocycles. The number of methoxy groups -OCH3 is 1. The molecule has 0 spiro atoms. The van der Waals surface area contributed by atoms with Gasteiger partial charge in [-0.05, 0) is 35.9 Å². The molecule has 0 saturated carbocycles. The molecule has 2 rings (SSSR count). The normalized spacial score (nSPS) is 11.5. The van der Waals surface area contributed by atoms with Gasteiger partial charge >= 0.3 is 0 Å². The van der Waals surface area contributed by atoms with Crippen LogP contribution in [-0.2, 0) is 16.6 Å². The van der Waals surface area contributed by atoms with Gasteiger partial charge in [-0.2, -0.15) is 0 Å². The molecular weight excluding hydrogens is 319 g/mol. The van der Waals surface area contributed by atoms with Crippen LogP contribution in [0.5, 0.6) is 5.75 Å². The lowest BCUT2D eigenvalue weighted by Crippen LogP contribution is -2.23. The maximum absolute atomic E-state index is 13.5. The van der Waals surface area contributed by atoms with Gasteiger partial charge in [-0.3, -0.25) is 0 Å². The van der Waals surface area contributed by atoms with E-state index in [-0.39, 0.29) is 22.8 Å². The van der Waals surface area contributed by atoms with Crippen molar-refractivity contribution in [2.75, 3.05) is 7.11 Å². The summed E-state index contributed by atoms with van der Waals surface area (Å²) >= 11 is 0. The van der Waals surface area contributed by atoms with Gasteiger partial charge in [0.25, 0.3) is 0 Å². The van der Waals surface area contributed by atoms with Crippen LogP contribution in [0.4, 0.5) is 13.2 Å². The quantitative estimate of drug-likeness (QED) is 0.916. The first-order valence-corrected chi connectivity index (χ1v) is 7.59. The lowest BCUT2D eigenvalue weighted by atomic mass is 10.2. The van der Waals surface area contributed by atoms with Crippen LogP contribution in [0, 0.1) is 17.5 Å². The molecule has 0 atom stereocenters. The highest BCUT2D eigenvalue weighted by Crippen LogP contribution is 2.20. The van der Waals surface area contributed by atoms with Crippen LogP contribution < -0.4 is 9.46 Å². The van der Waals surface area contributed by atoms with Gasteiger partial charge in [0.05, 0.1) is 12.0 Å². The first-order chi connectivity index (χ1) is 10.3. The summed E-state index contributed by atoms with van der Waals surface area (Å²) in [5, 5.41) is 0. The van der Waals surface area contributed by atoms with Gasteiger partial charge < -0.3 is 4.74 Å². The van der Waals surface area contributed by atoms with Gasteiger partial charge in [0.15, 0.2) is 23.2 Å². The third kappa shape index (κ3) is 3.58. The fraction of sp³-hybridized carbons (Fsp3) is 0.143. The average molecular weight is 331 g/mol. The van der Waals surface area contributed by atoms with Crippen LogP contribution in [0.3, 0.4) is 0 Å². The number of halogens is 3. The molecule has 0 aromatic heterocycles. The fourth-order valence-electron chi connectivity index (χ4n) is 1.73. The Morgan fingerprint density at radius 2 is 1.73 bits per heavy atom. The largest absolute Gasteiger partial charge is 0.494 e. The molecule has 0 bridgehead atoms. The first-order valence-electron chi connectivity index (χ1n) is 6.10. The number of sulfonamides is 1. The van der Waals surface area contributed by atoms with Crippen LogP contribution in [0.25, 0.3) is 0 Å². The minimum atomic E-state index is -3.99. The van der Waals surface area contributed by atoms with Crippen molar-refractivity contribution >= 4 is 10.0 Å². The number of rotatable bonds is 5. The van der Waals surface area contributed by atoms with Crippen molar-refractivity contribution in [2.45, 2.75) is 11.4 Å². The molecule has 0 aliphatic rings. The number of nitrogens with one attached hydrogen (secondary N) is 1. The Balaban J connectivity index is 2.17. The summed E-state index contributed by atoms with van der Waals surface area (Å²) in [6, 6.07) is 6.19. The Bertz CT molecular complexity index is 794. The van der Waals surface area contributed by atoms with Crippen molar-refractivity contribution in [2.24, 2.45) is 0 Å². The average Bonchev–Trinajstić information content (AvgIpc) is 2.48. The van der Waals surface area contributed by atoms with Crippen molar-refractivity contribution in [1.29, 1.82) is 0 Å². The molecule has 0 heterocycles. The molecule has 1 N–H and O–H groups in total. The third-order valence-corrected chi connectivity index (χ3v) is 4.28. The zero-order valence-electron chi connectivity index (χ0n) is 11.4. The molecule has 0 saturated heterocycles. The predicted molar refractivity (Wildman–Crippen MR) is 73.3 cm³/mol. The Morgan fingerprint density at radius 1 is 1.00 bits per heavy atom. The Morgan fingerprint density at radius 3 is 2.32 bits per heavy atom. The van der Waals surface area contributed by atoms with Crippen molar-refractivity contribution < 1.29 is 26.3 Å².